The predicted molar refractivity (Wildman–Crippen MR) is 96.7 cm³/mol. The second-order valence-corrected chi connectivity index (χ2v) is 5.90. The normalized spacial score (nSPS) is 11.5. The standard InChI is InChI=1S/C19H14F3N5O/c20-19(21,22)28-15-3-1-2-14(10-15)16-12-26-17(18-24-8-9-27(16)18)25-11-13-4-6-23-7-5-13/h1-10,12H,11H2,(H,25,26). The van der Waals surface area contributed by atoms with Gasteiger partial charge in [-0.05, 0) is 29.8 Å². The van der Waals surface area contributed by atoms with Crippen LogP contribution in [0.4, 0.5) is 19.0 Å². The van der Waals surface area contributed by atoms with E-state index >= 15 is 0 Å². The summed E-state index contributed by atoms with van der Waals surface area (Å²) in [5.74, 6) is 0.270. The van der Waals surface area contributed by atoms with Gasteiger partial charge in [-0.2, -0.15) is 0 Å². The Kier molecular flexibility index (Phi) is 4.56. The number of benzene rings is 1. The van der Waals surface area contributed by atoms with E-state index in [4.69, 9.17) is 0 Å². The van der Waals surface area contributed by atoms with Gasteiger partial charge in [0.25, 0.3) is 0 Å². The van der Waals surface area contributed by atoms with Crippen LogP contribution in [0.25, 0.3) is 16.9 Å². The Hall–Kier alpha value is -3.62. The van der Waals surface area contributed by atoms with E-state index in [0.717, 1.165) is 5.56 Å². The molecule has 1 N–H and O–H groups in total. The molecule has 0 amide bonds. The summed E-state index contributed by atoms with van der Waals surface area (Å²) in [4.78, 5) is 12.7. The fraction of sp³-hybridized carbons (Fsp3) is 0.105. The summed E-state index contributed by atoms with van der Waals surface area (Å²) < 4.78 is 43.2. The molecule has 3 heterocycles. The third-order valence-corrected chi connectivity index (χ3v) is 4.00. The molecule has 0 unspecified atom stereocenters. The first-order valence-corrected chi connectivity index (χ1v) is 8.31. The van der Waals surface area contributed by atoms with Crippen molar-refractivity contribution in [2.24, 2.45) is 0 Å². The third kappa shape index (κ3) is 3.88. The fourth-order valence-electron chi connectivity index (χ4n) is 2.80. The van der Waals surface area contributed by atoms with Crippen LogP contribution in [-0.2, 0) is 6.54 Å². The Morgan fingerprint density at radius 3 is 2.64 bits per heavy atom. The molecule has 0 aliphatic heterocycles. The molecule has 9 heteroatoms. The first-order chi connectivity index (χ1) is 13.5. The van der Waals surface area contributed by atoms with Gasteiger partial charge in [-0.15, -0.1) is 13.2 Å². The van der Waals surface area contributed by atoms with Gasteiger partial charge in [-0.25, -0.2) is 9.97 Å². The average Bonchev–Trinajstić information content (AvgIpc) is 3.16. The van der Waals surface area contributed by atoms with Crippen LogP contribution in [0.1, 0.15) is 5.56 Å². The topological polar surface area (TPSA) is 64.3 Å². The lowest BCUT2D eigenvalue weighted by Crippen LogP contribution is -2.17. The van der Waals surface area contributed by atoms with Gasteiger partial charge in [-0.1, -0.05) is 12.1 Å². The van der Waals surface area contributed by atoms with Crippen molar-refractivity contribution in [2.45, 2.75) is 12.9 Å². The van der Waals surface area contributed by atoms with Gasteiger partial charge >= 0.3 is 6.36 Å². The van der Waals surface area contributed by atoms with Crippen LogP contribution >= 0.6 is 0 Å². The minimum absolute atomic E-state index is 0.293. The zero-order chi connectivity index (χ0) is 19.6. The number of hydrogen-bond acceptors (Lipinski definition) is 5. The Morgan fingerprint density at radius 2 is 1.86 bits per heavy atom. The molecule has 142 valence electrons. The van der Waals surface area contributed by atoms with Crippen LogP contribution in [0.2, 0.25) is 0 Å². The zero-order valence-corrected chi connectivity index (χ0v) is 14.4. The number of nitrogens with one attached hydrogen (secondary N) is 1. The number of imidazole rings is 1. The molecule has 6 nitrogen and oxygen atoms in total. The van der Waals surface area contributed by atoms with E-state index in [2.05, 4.69) is 25.0 Å². The maximum Gasteiger partial charge on any atom is 0.573 e. The van der Waals surface area contributed by atoms with Crippen molar-refractivity contribution in [3.05, 3.63) is 72.9 Å². The summed E-state index contributed by atoms with van der Waals surface area (Å²) in [7, 11) is 0. The number of ether oxygens (including phenoxy) is 1. The molecule has 3 aromatic heterocycles. The Balaban J connectivity index is 1.65. The summed E-state index contributed by atoms with van der Waals surface area (Å²) in [5.41, 5.74) is 2.71. The number of anilines is 1. The van der Waals surface area contributed by atoms with Crippen molar-refractivity contribution in [2.75, 3.05) is 5.32 Å². The van der Waals surface area contributed by atoms with Crippen LogP contribution in [0.15, 0.2) is 67.4 Å². The number of fused-ring (bicyclic) bond motifs is 1. The fourth-order valence-corrected chi connectivity index (χ4v) is 2.80. The number of rotatable bonds is 5. The molecule has 0 saturated heterocycles. The number of pyridine rings is 1. The Labute approximate surface area is 157 Å². The van der Waals surface area contributed by atoms with E-state index in [-0.39, 0.29) is 5.75 Å². The van der Waals surface area contributed by atoms with Gasteiger partial charge in [-0.3, -0.25) is 9.38 Å². The minimum atomic E-state index is -4.75. The van der Waals surface area contributed by atoms with E-state index in [1.54, 1.807) is 41.5 Å². The summed E-state index contributed by atoms with van der Waals surface area (Å²) in [6.45, 7) is 0.534. The first kappa shape index (κ1) is 17.8. The summed E-state index contributed by atoms with van der Waals surface area (Å²) in [6, 6.07) is 9.51. The number of alkyl halides is 3. The summed E-state index contributed by atoms with van der Waals surface area (Å²) >= 11 is 0. The zero-order valence-electron chi connectivity index (χ0n) is 14.4. The molecule has 0 radical (unpaired) electrons. The monoisotopic (exact) mass is 385 g/mol. The SMILES string of the molecule is FC(F)(F)Oc1cccc(-c2cnc(NCc3ccncc3)c3nccn23)c1. The minimum Gasteiger partial charge on any atom is -0.406 e. The lowest BCUT2D eigenvalue weighted by atomic mass is 10.1. The molecular weight excluding hydrogens is 371 g/mol. The van der Waals surface area contributed by atoms with Gasteiger partial charge in [0.15, 0.2) is 11.5 Å². The second-order valence-electron chi connectivity index (χ2n) is 5.90. The van der Waals surface area contributed by atoms with Crippen LogP contribution in [0, 0.1) is 0 Å². The molecule has 28 heavy (non-hydrogen) atoms. The molecule has 4 rings (SSSR count). The summed E-state index contributed by atoms with van der Waals surface area (Å²) in [5, 5.41) is 3.22. The van der Waals surface area contributed by atoms with Crippen LogP contribution in [0.3, 0.4) is 0 Å². The highest BCUT2D eigenvalue weighted by atomic mass is 19.4. The van der Waals surface area contributed by atoms with Crippen molar-refractivity contribution in [3.8, 4) is 17.0 Å². The van der Waals surface area contributed by atoms with E-state index in [9.17, 15) is 13.2 Å². The highest BCUT2D eigenvalue weighted by molar-refractivity contribution is 5.70. The van der Waals surface area contributed by atoms with E-state index in [0.29, 0.717) is 29.3 Å². The first-order valence-electron chi connectivity index (χ1n) is 8.31. The van der Waals surface area contributed by atoms with Crippen LogP contribution in [-0.4, -0.2) is 25.7 Å². The van der Waals surface area contributed by atoms with E-state index in [1.807, 2.05) is 12.1 Å². The van der Waals surface area contributed by atoms with Crippen molar-refractivity contribution in [1.82, 2.24) is 19.4 Å². The third-order valence-electron chi connectivity index (χ3n) is 4.00. The van der Waals surface area contributed by atoms with Crippen LogP contribution < -0.4 is 10.1 Å². The molecule has 0 bridgehead atoms. The largest absolute Gasteiger partial charge is 0.573 e. The molecule has 0 saturated carbocycles. The van der Waals surface area contributed by atoms with Gasteiger partial charge in [0, 0.05) is 36.9 Å². The predicted octanol–water partition coefficient (Wildman–Crippen LogP) is 4.30. The molecular formula is C19H14F3N5O. The number of aromatic nitrogens is 4. The van der Waals surface area contributed by atoms with Crippen molar-refractivity contribution in [1.29, 1.82) is 0 Å². The smallest absolute Gasteiger partial charge is 0.406 e. The maximum atomic E-state index is 12.5. The average molecular weight is 385 g/mol. The molecule has 1 aromatic carbocycles. The Morgan fingerprint density at radius 1 is 1.04 bits per heavy atom. The van der Waals surface area contributed by atoms with Gasteiger partial charge in [0.1, 0.15) is 5.75 Å². The number of hydrogen-bond donors (Lipinski definition) is 1. The van der Waals surface area contributed by atoms with Gasteiger partial charge < -0.3 is 10.1 Å². The number of halogens is 3. The van der Waals surface area contributed by atoms with Gasteiger partial charge in [0.2, 0.25) is 0 Å². The van der Waals surface area contributed by atoms with Crippen molar-refractivity contribution >= 4 is 11.5 Å². The molecule has 0 atom stereocenters. The van der Waals surface area contributed by atoms with Crippen molar-refractivity contribution < 1.29 is 17.9 Å². The highest BCUT2D eigenvalue weighted by Crippen LogP contribution is 2.29. The van der Waals surface area contributed by atoms with Crippen LogP contribution in [0.5, 0.6) is 5.75 Å². The quantitative estimate of drug-likeness (QED) is 0.555. The van der Waals surface area contributed by atoms with E-state index in [1.165, 1.54) is 18.2 Å². The molecule has 0 aliphatic rings. The number of nitrogens with zero attached hydrogens (tertiary/aromatic N) is 4. The lowest BCUT2D eigenvalue weighted by Gasteiger charge is -2.12. The van der Waals surface area contributed by atoms with Crippen molar-refractivity contribution in [3.63, 3.8) is 0 Å². The van der Waals surface area contributed by atoms with E-state index < -0.39 is 6.36 Å². The molecule has 0 aliphatic carbocycles. The lowest BCUT2D eigenvalue weighted by molar-refractivity contribution is -0.274. The molecule has 0 spiro atoms. The summed E-state index contributed by atoms with van der Waals surface area (Å²) in [6.07, 6.45) is 3.57. The highest BCUT2D eigenvalue weighted by Gasteiger charge is 2.31. The molecule has 0 fully saturated rings. The Bertz CT molecular complexity index is 1100. The second kappa shape index (κ2) is 7.18. The maximum absolute atomic E-state index is 12.5. The molecule has 4 aromatic rings. The van der Waals surface area contributed by atoms with Gasteiger partial charge in [0.05, 0.1) is 11.9 Å².